The Labute approximate surface area is 133 Å². The van der Waals surface area contributed by atoms with Gasteiger partial charge in [0.2, 0.25) is 0 Å². The van der Waals surface area contributed by atoms with Crippen LogP contribution < -0.4 is 5.32 Å². The largest absolute Gasteiger partial charge is 0.468 e. The second-order valence-electron chi connectivity index (χ2n) is 6.00. The summed E-state index contributed by atoms with van der Waals surface area (Å²) in [6.07, 6.45) is 3.03. The van der Waals surface area contributed by atoms with Crippen LogP contribution in [0.25, 0.3) is 0 Å². The highest BCUT2D eigenvalue weighted by Gasteiger charge is 2.28. The van der Waals surface area contributed by atoms with E-state index < -0.39 is 0 Å². The van der Waals surface area contributed by atoms with Gasteiger partial charge >= 0.3 is 5.97 Å². The van der Waals surface area contributed by atoms with Crippen LogP contribution in [0.15, 0.2) is 24.3 Å². The lowest BCUT2D eigenvalue weighted by Crippen LogP contribution is -2.42. The fourth-order valence-corrected chi connectivity index (χ4v) is 3.01. The third kappa shape index (κ3) is 4.31. The Kier molecular flexibility index (Phi) is 6.40. The molecule has 0 unspecified atom stereocenters. The van der Waals surface area contributed by atoms with Crippen molar-refractivity contribution < 1.29 is 14.3 Å². The number of esters is 1. The number of ether oxygens (including phenoxy) is 2. The van der Waals surface area contributed by atoms with E-state index in [0.717, 1.165) is 32.4 Å². The molecular weight excluding hydrogens is 278 g/mol. The summed E-state index contributed by atoms with van der Waals surface area (Å²) in [5.41, 5.74) is 2.48. The maximum absolute atomic E-state index is 11.7. The lowest BCUT2D eigenvalue weighted by atomic mass is 9.89. The Hall–Kier alpha value is -1.39. The van der Waals surface area contributed by atoms with E-state index in [4.69, 9.17) is 9.47 Å². The fourth-order valence-electron chi connectivity index (χ4n) is 3.01. The Morgan fingerprint density at radius 1 is 1.41 bits per heavy atom. The molecule has 4 nitrogen and oxygen atoms in total. The van der Waals surface area contributed by atoms with Gasteiger partial charge in [-0.25, -0.2) is 0 Å². The number of carbonyl (C=O) groups is 1. The highest BCUT2D eigenvalue weighted by molar-refractivity contribution is 5.75. The van der Waals surface area contributed by atoms with Crippen LogP contribution in [-0.2, 0) is 14.3 Å². The van der Waals surface area contributed by atoms with Crippen molar-refractivity contribution >= 4 is 5.97 Å². The Morgan fingerprint density at radius 2 is 2.14 bits per heavy atom. The van der Waals surface area contributed by atoms with Crippen LogP contribution in [0, 0.1) is 12.8 Å². The van der Waals surface area contributed by atoms with Gasteiger partial charge in [0.25, 0.3) is 0 Å². The quantitative estimate of drug-likeness (QED) is 0.821. The number of hydrogen-bond donors (Lipinski definition) is 1. The van der Waals surface area contributed by atoms with Crippen molar-refractivity contribution in [3.8, 4) is 0 Å². The molecule has 0 saturated carbocycles. The van der Waals surface area contributed by atoms with Crippen molar-refractivity contribution in [2.24, 2.45) is 5.92 Å². The maximum atomic E-state index is 11.7. The van der Waals surface area contributed by atoms with E-state index >= 15 is 0 Å². The average Bonchev–Trinajstić information content (AvgIpc) is 2.56. The number of rotatable bonds is 6. The van der Waals surface area contributed by atoms with Gasteiger partial charge in [-0.05, 0) is 31.7 Å². The smallest absolute Gasteiger partial charge is 0.322 e. The number of hydrogen-bond acceptors (Lipinski definition) is 4. The summed E-state index contributed by atoms with van der Waals surface area (Å²) in [7, 11) is 1.44. The molecule has 1 saturated heterocycles. The SMILES string of the molecule is CC[C@H](NC[C@@H]1CCCO[C@H]1c1ccc(C)cc1)C(=O)OC. The highest BCUT2D eigenvalue weighted by Crippen LogP contribution is 2.33. The van der Waals surface area contributed by atoms with E-state index in [2.05, 4.69) is 36.5 Å². The van der Waals surface area contributed by atoms with Gasteiger partial charge < -0.3 is 14.8 Å². The molecule has 0 aromatic heterocycles. The summed E-state index contributed by atoms with van der Waals surface area (Å²) in [5.74, 6) is 0.196. The monoisotopic (exact) mass is 305 g/mol. The molecule has 3 atom stereocenters. The Balaban J connectivity index is 2.00. The summed E-state index contributed by atoms with van der Waals surface area (Å²) in [6, 6.07) is 8.32. The fraction of sp³-hybridized carbons (Fsp3) is 0.611. The average molecular weight is 305 g/mol. The van der Waals surface area contributed by atoms with E-state index in [0.29, 0.717) is 5.92 Å². The molecule has 0 spiro atoms. The van der Waals surface area contributed by atoms with E-state index in [-0.39, 0.29) is 18.1 Å². The minimum atomic E-state index is -0.231. The summed E-state index contributed by atoms with van der Waals surface area (Å²) >= 11 is 0. The van der Waals surface area contributed by atoms with E-state index in [1.54, 1.807) is 0 Å². The summed E-state index contributed by atoms with van der Waals surface area (Å²) in [4.78, 5) is 11.7. The molecule has 1 aromatic carbocycles. The first-order valence-corrected chi connectivity index (χ1v) is 8.15. The van der Waals surface area contributed by atoms with Crippen LogP contribution in [0.2, 0.25) is 0 Å². The second-order valence-corrected chi connectivity index (χ2v) is 6.00. The van der Waals surface area contributed by atoms with Gasteiger partial charge in [-0.1, -0.05) is 36.8 Å². The molecule has 4 heteroatoms. The molecule has 122 valence electrons. The van der Waals surface area contributed by atoms with Crippen molar-refractivity contribution in [3.63, 3.8) is 0 Å². The molecule has 0 aliphatic carbocycles. The van der Waals surface area contributed by atoms with Gasteiger partial charge in [0.15, 0.2) is 0 Å². The topological polar surface area (TPSA) is 47.6 Å². The van der Waals surface area contributed by atoms with Crippen LogP contribution in [-0.4, -0.2) is 32.3 Å². The number of carbonyl (C=O) groups excluding carboxylic acids is 1. The van der Waals surface area contributed by atoms with Gasteiger partial charge in [0.1, 0.15) is 6.04 Å². The maximum Gasteiger partial charge on any atom is 0.322 e. The van der Waals surface area contributed by atoms with Crippen molar-refractivity contribution in [3.05, 3.63) is 35.4 Å². The first-order valence-electron chi connectivity index (χ1n) is 8.15. The normalized spacial score (nSPS) is 23.0. The zero-order valence-electron chi connectivity index (χ0n) is 13.8. The van der Waals surface area contributed by atoms with Crippen molar-refractivity contribution in [2.75, 3.05) is 20.3 Å². The van der Waals surface area contributed by atoms with Crippen LogP contribution >= 0.6 is 0 Å². The van der Waals surface area contributed by atoms with Gasteiger partial charge in [0, 0.05) is 19.1 Å². The number of aryl methyl sites for hydroxylation is 1. The molecule has 0 radical (unpaired) electrons. The summed E-state index contributed by atoms with van der Waals surface area (Å²) in [5, 5.41) is 3.35. The molecule has 1 fully saturated rings. The third-order valence-electron chi connectivity index (χ3n) is 4.37. The molecule has 0 amide bonds. The highest BCUT2D eigenvalue weighted by atomic mass is 16.5. The van der Waals surface area contributed by atoms with Gasteiger partial charge in [-0.3, -0.25) is 4.79 Å². The third-order valence-corrected chi connectivity index (χ3v) is 4.37. The van der Waals surface area contributed by atoms with Gasteiger partial charge in [-0.2, -0.15) is 0 Å². The molecule has 1 aromatic rings. The van der Waals surface area contributed by atoms with Crippen LogP contribution in [0.4, 0.5) is 0 Å². The number of benzene rings is 1. The molecule has 2 rings (SSSR count). The molecule has 22 heavy (non-hydrogen) atoms. The van der Waals surface area contributed by atoms with Crippen LogP contribution in [0.3, 0.4) is 0 Å². The van der Waals surface area contributed by atoms with Crippen LogP contribution in [0.1, 0.15) is 43.4 Å². The second kappa shape index (κ2) is 8.30. The minimum Gasteiger partial charge on any atom is -0.468 e. The van der Waals surface area contributed by atoms with E-state index in [9.17, 15) is 4.79 Å². The zero-order valence-corrected chi connectivity index (χ0v) is 13.8. The molecule has 1 aliphatic heterocycles. The Bertz CT molecular complexity index is 472. The number of methoxy groups -OCH3 is 1. The van der Waals surface area contributed by atoms with Gasteiger partial charge in [0.05, 0.1) is 13.2 Å². The minimum absolute atomic E-state index is 0.108. The summed E-state index contributed by atoms with van der Waals surface area (Å²) < 4.78 is 10.8. The zero-order chi connectivity index (χ0) is 15.9. The molecule has 1 N–H and O–H groups in total. The van der Waals surface area contributed by atoms with Crippen molar-refractivity contribution in [1.82, 2.24) is 5.32 Å². The number of nitrogens with one attached hydrogen (secondary N) is 1. The van der Waals surface area contributed by atoms with Crippen molar-refractivity contribution in [2.45, 2.75) is 45.3 Å². The predicted octanol–water partition coefficient (Wildman–Crippen LogP) is 3.00. The summed E-state index contributed by atoms with van der Waals surface area (Å²) in [6.45, 7) is 5.66. The first kappa shape index (κ1) is 17.0. The van der Waals surface area contributed by atoms with Crippen molar-refractivity contribution in [1.29, 1.82) is 0 Å². The van der Waals surface area contributed by atoms with Gasteiger partial charge in [-0.15, -0.1) is 0 Å². The Morgan fingerprint density at radius 3 is 2.77 bits per heavy atom. The molecule has 1 heterocycles. The van der Waals surface area contributed by atoms with E-state index in [1.807, 2.05) is 6.92 Å². The molecule has 1 aliphatic rings. The van der Waals surface area contributed by atoms with Crippen LogP contribution in [0.5, 0.6) is 0 Å². The standard InChI is InChI=1S/C18H27NO3/c1-4-16(18(20)21-3)19-12-15-6-5-11-22-17(15)14-9-7-13(2)8-10-14/h7-10,15-17,19H,4-6,11-12H2,1-3H3/t15-,16-,17-/m0/s1. The first-order chi connectivity index (χ1) is 10.7. The lowest BCUT2D eigenvalue weighted by Gasteiger charge is -2.33. The predicted molar refractivity (Wildman–Crippen MR) is 86.7 cm³/mol. The lowest BCUT2D eigenvalue weighted by molar-refractivity contribution is -0.143. The van der Waals surface area contributed by atoms with E-state index in [1.165, 1.54) is 18.2 Å². The molecule has 0 bridgehead atoms. The molecular formula is C18H27NO3.